The average molecular weight is 242 g/mol. The summed E-state index contributed by atoms with van der Waals surface area (Å²) in [5.41, 5.74) is 2.53. The van der Waals surface area contributed by atoms with Gasteiger partial charge in [-0.1, -0.05) is 60.7 Å². The molecule has 0 amide bonds. The topological polar surface area (TPSA) is 9.23 Å². The summed E-state index contributed by atoms with van der Waals surface area (Å²) >= 11 is 0. The number of benzene rings is 2. The molecular weight excluding hydrogens is 224 g/mol. The van der Waals surface area contributed by atoms with E-state index in [1.54, 1.807) is 7.11 Å². The van der Waals surface area contributed by atoms with Crippen LogP contribution >= 0.6 is 0 Å². The zero-order valence-corrected chi connectivity index (χ0v) is 11.8. The monoisotopic (exact) mass is 242 g/mol. The molecule has 2 heteroatoms. The van der Waals surface area contributed by atoms with Gasteiger partial charge in [-0.2, -0.15) is 0 Å². The van der Waals surface area contributed by atoms with Crippen molar-refractivity contribution in [2.45, 2.75) is 13.1 Å². The fourth-order valence-electron chi connectivity index (χ4n) is 2.11. The van der Waals surface area contributed by atoms with Gasteiger partial charge in [0.1, 0.15) is 5.75 Å². The van der Waals surface area contributed by atoms with Gasteiger partial charge < -0.3 is 4.74 Å². The first-order valence-electron chi connectivity index (χ1n) is 5.96. The Kier molecular flexibility index (Phi) is 3.64. The Morgan fingerprint density at radius 1 is 0.824 bits per heavy atom. The fraction of sp³-hybridized carbons (Fsp3) is 0.200. The summed E-state index contributed by atoms with van der Waals surface area (Å²) < 4.78 is 5.45. The maximum absolute atomic E-state index is 5.45. The molecule has 88 valence electrons. The van der Waals surface area contributed by atoms with Crippen molar-refractivity contribution in [3.05, 3.63) is 48.5 Å². The van der Waals surface area contributed by atoms with Crippen LogP contribution in [-0.2, 0) is 0 Å². The molecule has 1 nitrogen and oxygen atoms in total. The largest absolute Gasteiger partial charge is 0.496 e. The van der Waals surface area contributed by atoms with Crippen molar-refractivity contribution in [2.75, 3.05) is 7.11 Å². The van der Waals surface area contributed by atoms with Gasteiger partial charge in [0.2, 0.25) is 0 Å². The van der Waals surface area contributed by atoms with Crippen LogP contribution < -0.4 is 9.92 Å². The van der Waals surface area contributed by atoms with Crippen LogP contribution in [0.1, 0.15) is 0 Å². The van der Waals surface area contributed by atoms with E-state index in [2.05, 4.69) is 49.5 Å². The van der Waals surface area contributed by atoms with Gasteiger partial charge in [0, 0.05) is 5.56 Å². The number of ether oxygens (including phenoxy) is 1. The van der Waals surface area contributed by atoms with Crippen molar-refractivity contribution in [3.8, 4) is 16.9 Å². The third kappa shape index (κ3) is 2.42. The molecule has 0 unspecified atom stereocenters. The number of hydrogen-bond acceptors (Lipinski definition) is 1. The van der Waals surface area contributed by atoms with Gasteiger partial charge in [0.15, 0.2) is 0 Å². The molecule has 0 aliphatic rings. The normalized spacial score (nSPS) is 10.6. The summed E-state index contributed by atoms with van der Waals surface area (Å²) in [6.45, 7) is 4.71. The Balaban J connectivity index is 2.60. The maximum Gasteiger partial charge on any atom is 0.126 e. The minimum atomic E-state index is -0.825. The van der Waals surface area contributed by atoms with Crippen molar-refractivity contribution < 1.29 is 4.74 Å². The van der Waals surface area contributed by atoms with E-state index in [1.165, 1.54) is 16.3 Å². The smallest absolute Gasteiger partial charge is 0.126 e. The summed E-state index contributed by atoms with van der Waals surface area (Å²) in [4.78, 5) is 0. The number of methoxy groups -OCH3 is 1. The zero-order valence-electron chi connectivity index (χ0n) is 10.6. The van der Waals surface area contributed by atoms with Crippen molar-refractivity contribution in [2.24, 2.45) is 0 Å². The molecule has 0 N–H and O–H groups in total. The number of hydrogen-bond donors (Lipinski definition) is 0. The molecular formula is C15H18OSi. The molecule has 0 aliphatic carbocycles. The first-order chi connectivity index (χ1) is 8.24. The van der Waals surface area contributed by atoms with Crippen molar-refractivity contribution >= 4 is 14.0 Å². The third-order valence-electron chi connectivity index (χ3n) is 2.98. The van der Waals surface area contributed by atoms with E-state index in [-0.39, 0.29) is 0 Å². The summed E-state index contributed by atoms with van der Waals surface area (Å²) in [7, 11) is 0.905. The van der Waals surface area contributed by atoms with Gasteiger partial charge in [-0.25, -0.2) is 0 Å². The molecule has 0 radical (unpaired) electrons. The summed E-state index contributed by atoms with van der Waals surface area (Å²) in [6, 6.07) is 16.9. The lowest BCUT2D eigenvalue weighted by Crippen LogP contribution is -2.24. The van der Waals surface area contributed by atoms with Crippen LogP contribution in [0.3, 0.4) is 0 Å². The van der Waals surface area contributed by atoms with Crippen molar-refractivity contribution in [3.63, 3.8) is 0 Å². The molecule has 0 fully saturated rings. The predicted molar refractivity (Wildman–Crippen MR) is 76.9 cm³/mol. The third-order valence-corrected chi connectivity index (χ3v) is 4.73. The SMILES string of the molecule is COc1ccccc1-c1ccccc1[SiH](C)C. The van der Waals surface area contributed by atoms with E-state index >= 15 is 0 Å². The first kappa shape index (κ1) is 11.9. The van der Waals surface area contributed by atoms with Crippen LogP contribution in [0.2, 0.25) is 13.1 Å². The average Bonchev–Trinajstić information content (AvgIpc) is 2.38. The molecule has 0 aliphatic heterocycles. The molecule has 17 heavy (non-hydrogen) atoms. The van der Waals surface area contributed by atoms with Crippen molar-refractivity contribution in [1.82, 2.24) is 0 Å². The van der Waals surface area contributed by atoms with Crippen LogP contribution in [0, 0.1) is 0 Å². The lowest BCUT2D eigenvalue weighted by atomic mass is 10.0. The van der Waals surface area contributed by atoms with Crippen LogP contribution in [0.15, 0.2) is 48.5 Å². The molecule has 2 rings (SSSR count). The Bertz CT molecular complexity index is 506. The molecule has 0 saturated carbocycles. The van der Waals surface area contributed by atoms with Gasteiger partial charge >= 0.3 is 0 Å². The summed E-state index contributed by atoms with van der Waals surface area (Å²) in [5, 5.41) is 1.50. The molecule has 0 spiro atoms. The fourth-order valence-corrected chi connectivity index (χ4v) is 3.48. The Hall–Kier alpha value is -1.54. The van der Waals surface area contributed by atoms with E-state index < -0.39 is 8.80 Å². The first-order valence-corrected chi connectivity index (χ1v) is 8.85. The van der Waals surface area contributed by atoms with Gasteiger partial charge in [-0.05, 0) is 11.6 Å². The van der Waals surface area contributed by atoms with Crippen LogP contribution in [0.25, 0.3) is 11.1 Å². The molecule has 2 aromatic carbocycles. The molecule has 2 aromatic rings. The second kappa shape index (κ2) is 5.19. The van der Waals surface area contributed by atoms with Gasteiger partial charge in [0.05, 0.1) is 15.9 Å². The molecule has 0 heterocycles. The van der Waals surface area contributed by atoms with E-state index in [9.17, 15) is 0 Å². The van der Waals surface area contributed by atoms with Gasteiger partial charge in [-0.3, -0.25) is 0 Å². The highest BCUT2D eigenvalue weighted by Gasteiger charge is 2.11. The molecule has 0 bridgehead atoms. The van der Waals surface area contributed by atoms with Gasteiger partial charge in [-0.15, -0.1) is 0 Å². The predicted octanol–water partition coefficient (Wildman–Crippen LogP) is 3.06. The summed E-state index contributed by atoms with van der Waals surface area (Å²) in [5.74, 6) is 0.953. The molecule has 0 saturated heterocycles. The highest BCUT2D eigenvalue weighted by molar-refractivity contribution is 6.72. The Morgan fingerprint density at radius 2 is 1.41 bits per heavy atom. The minimum absolute atomic E-state index is 0.825. The summed E-state index contributed by atoms with van der Waals surface area (Å²) in [6.07, 6.45) is 0. The van der Waals surface area contributed by atoms with Crippen LogP contribution in [-0.4, -0.2) is 15.9 Å². The highest BCUT2D eigenvalue weighted by Crippen LogP contribution is 2.28. The number of para-hydroxylation sites is 1. The minimum Gasteiger partial charge on any atom is -0.496 e. The van der Waals surface area contributed by atoms with E-state index in [1.807, 2.05) is 12.1 Å². The Labute approximate surface area is 105 Å². The van der Waals surface area contributed by atoms with E-state index in [0.717, 1.165) is 5.75 Å². The molecule has 0 atom stereocenters. The highest BCUT2D eigenvalue weighted by atomic mass is 28.3. The maximum atomic E-state index is 5.45. The van der Waals surface area contributed by atoms with E-state index in [0.29, 0.717) is 0 Å². The zero-order chi connectivity index (χ0) is 12.3. The molecule has 0 aromatic heterocycles. The second-order valence-corrected chi connectivity index (χ2v) is 7.37. The van der Waals surface area contributed by atoms with Crippen molar-refractivity contribution in [1.29, 1.82) is 0 Å². The quantitative estimate of drug-likeness (QED) is 0.752. The second-order valence-electron chi connectivity index (χ2n) is 4.44. The Morgan fingerprint density at radius 3 is 2.06 bits per heavy atom. The number of rotatable bonds is 3. The lowest BCUT2D eigenvalue weighted by molar-refractivity contribution is 0.416. The standard InChI is InChI=1S/C15H18OSi/c1-16-14-10-6-4-8-12(14)13-9-5-7-11-15(13)17(2)3/h4-11,17H,1-3H3. The van der Waals surface area contributed by atoms with Gasteiger partial charge in [0.25, 0.3) is 0 Å². The van der Waals surface area contributed by atoms with Crippen LogP contribution in [0.4, 0.5) is 0 Å². The lowest BCUT2D eigenvalue weighted by Gasteiger charge is -2.14. The van der Waals surface area contributed by atoms with Crippen LogP contribution in [0.5, 0.6) is 5.75 Å². The van der Waals surface area contributed by atoms with E-state index in [4.69, 9.17) is 4.74 Å².